The molecule has 0 saturated carbocycles. The van der Waals surface area contributed by atoms with E-state index in [0.717, 1.165) is 35.0 Å². The minimum Gasteiger partial charge on any atom is -0.453 e. The first-order chi connectivity index (χ1) is 10.3. The monoisotopic (exact) mass is 276 g/mol. The number of nitrogens with zero attached hydrogens (tertiary/aromatic N) is 1. The molecule has 0 amide bonds. The molecule has 0 atom stereocenters. The third-order valence-electron chi connectivity index (χ3n) is 3.85. The lowest BCUT2D eigenvalue weighted by Crippen LogP contribution is -2.19. The summed E-state index contributed by atoms with van der Waals surface area (Å²) in [4.78, 5) is 2.23. The van der Waals surface area contributed by atoms with Crippen LogP contribution in [0.2, 0.25) is 0 Å². The summed E-state index contributed by atoms with van der Waals surface area (Å²) in [6, 6.07) is 14.2. The van der Waals surface area contributed by atoms with Gasteiger partial charge in [0.1, 0.15) is 0 Å². The second-order valence-electron chi connectivity index (χ2n) is 5.26. The number of hydrogen-bond acceptors (Lipinski definition) is 3. The number of benzene rings is 2. The smallest absolute Gasteiger partial charge is 0.151 e. The van der Waals surface area contributed by atoms with E-state index >= 15 is 0 Å². The average molecular weight is 276 g/mol. The predicted octanol–water partition coefficient (Wildman–Crippen LogP) is 4.38. The topological polar surface area (TPSA) is 24.5 Å². The highest BCUT2D eigenvalue weighted by Crippen LogP contribution is 2.45. The molecule has 0 aromatic heterocycles. The molecule has 104 valence electrons. The summed E-state index contributed by atoms with van der Waals surface area (Å²) in [6.07, 6.45) is 6.39. The standard InChI is InChI=1S/C18H16N2O/c1-20-12-5-4-9-15(20)13-7-6-11-17-18(13)19-14-8-2-3-10-16(14)21-17/h2-11,19H,12H2,1H3. The zero-order valence-corrected chi connectivity index (χ0v) is 11.8. The number of likely N-dealkylation sites (N-methyl/N-ethyl adjacent to an activating group) is 1. The van der Waals surface area contributed by atoms with E-state index in [2.05, 4.69) is 41.6 Å². The van der Waals surface area contributed by atoms with E-state index in [1.54, 1.807) is 0 Å². The maximum Gasteiger partial charge on any atom is 0.151 e. The Morgan fingerprint density at radius 1 is 1.05 bits per heavy atom. The van der Waals surface area contributed by atoms with Crippen molar-refractivity contribution >= 4 is 17.1 Å². The van der Waals surface area contributed by atoms with E-state index in [9.17, 15) is 0 Å². The van der Waals surface area contributed by atoms with Crippen LogP contribution in [0, 0.1) is 0 Å². The van der Waals surface area contributed by atoms with Crippen LogP contribution in [0.3, 0.4) is 0 Å². The van der Waals surface area contributed by atoms with Crippen molar-refractivity contribution in [3.63, 3.8) is 0 Å². The van der Waals surface area contributed by atoms with Crippen LogP contribution < -0.4 is 10.1 Å². The largest absolute Gasteiger partial charge is 0.453 e. The minimum absolute atomic E-state index is 0.869. The van der Waals surface area contributed by atoms with Crippen molar-refractivity contribution < 1.29 is 4.74 Å². The summed E-state index contributed by atoms with van der Waals surface area (Å²) >= 11 is 0. The van der Waals surface area contributed by atoms with E-state index in [1.165, 1.54) is 5.70 Å². The summed E-state index contributed by atoms with van der Waals surface area (Å²) in [7, 11) is 2.10. The van der Waals surface area contributed by atoms with Crippen LogP contribution in [0.25, 0.3) is 5.70 Å². The zero-order valence-electron chi connectivity index (χ0n) is 11.8. The van der Waals surface area contributed by atoms with Gasteiger partial charge < -0.3 is 15.0 Å². The Labute approximate surface area is 124 Å². The summed E-state index contributed by atoms with van der Waals surface area (Å²) in [6.45, 7) is 0.924. The molecule has 0 aliphatic carbocycles. The maximum absolute atomic E-state index is 6.02. The Morgan fingerprint density at radius 2 is 1.90 bits per heavy atom. The van der Waals surface area contributed by atoms with Crippen LogP contribution >= 0.6 is 0 Å². The molecule has 3 heteroatoms. The molecule has 0 radical (unpaired) electrons. The van der Waals surface area contributed by atoms with Crippen molar-refractivity contribution in [1.82, 2.24) is 4.90 Å². The molecule has 4 rings (SSSR count). The van der Waals surface area contributed by atoms with Crippen LogP contribution in [-0.2, 0) is 0 Å². The Morgan fingerprint density at radius 3 is 2.81 bits per heavy atom. The molecular formula is C18H16N2O. The molecule has 0 saturated heterocycles. The number of ether oxygens (including phenoxy) is 1. The van der Waals surface area contributed by atoms with Crippen LogP contribution in [0.15, 0.2) is 60.7 Å². The molecule has 0 bridgehead atoms. The first-order valence-corrected chi connectivity index (χ1v) is 7.08. The Bertz CT molecular complexity index is 762. The molecule has 0 unspecified atom stereocenters. The van der Waals surface area contributed by atoms with Gasteiger partial charge in [-0.3, -0.25) is 0 Å². The number of anilines is 2. The van der Waals surface area contributed by atoms with Crippen LogP contribution in [0.1, 0.15) is 5.56 Å². The van der Waals surface area contributed by atoms with E-state index in [-0.39, 0.29) is 0 Å². The number of allylic oxidation sites excluding steroid dienone is 2. The molecule has 2 heterocycles. The molecule has 2 aliphatic heterocycles. The molecule has 2 aromatic rings. The average Bonchev–Trinajstić information content (AvgIpc) is 2.53. The fourth-order valence-electron chi connectivity index (χ4n) is 2.77. The second kappa shape index (κ2) is 4.70. The van der Waals surface area contributed by atoms with E-state index in [1.807, 2.05) is 36.4 Å². The van der Waals surface area contributed by atoms with E-state index in [0.29, 0.717) is 0 Å². The molecule has 1 N–H and O–H groups in total. The third-order valence-corrected chi connectivity index (χ3v) is 3.85. The van der Waals surface area contributed by atoms with Crippen molar-refractivity contribution in [2.24, 2.45) is 0 Å². The normalized spacial score (nSPS) is 15.5. The minimum atomic E-state index is 0.869. The first-order valence-electron chi connectivity index (χ1n) is 7.08. The quantitative estimate of drug-likeness (QED) is 0.714. The molecule has 2 aromatic carbocycles. The molecule has 3 nitrogen and oxygen atoms in total. The van der Waals surface area contributed by atoms with Crippen molar-refractivity contribution in [1.29, 1.82) is 0 Å². The SMILES string of the molecule is CN1CC=CC=C1c1cccc2c1Nc1ccccc1O2. The van der Waals surface area contributed by atoms with Crippen molar-refractivity contribution in [2.45, 2.75) is 0 Å². The predicted molar refractivity (Wildman–Crippen MR) is 86.0 cm³/mol. The zero-order chi connectivity index (χ0) is 14.2. The maximum atomic E-state index is 6.02. The Kier molecular flexibility index (Phi) is 2.71. The lowest BCUT2D eigenvalue weighted by Gasteiger charge is -2.29. The lowest BCUT2D eigenvalue weighted by atomic mass is 10.0. The highest BCUT2D eigenvalue weighted by molar-refractivity contribution is 5.86. The summed E-state index contributed by atoms with van der Waals surface area (Å²) in [5, 5.41) is 3.51. The number of fused-ring (bicyclic) bond motifs is 2. The Balaban J connectivity index is 1.83. The second-order valence-corrected chi connectivity index (χ2v) is 5.26. The van der Waals surface area contributed by atoms with Gasteiger partial charge in [-0.05, 0) is 24.3 Å². The molecule has 2 aliphatic rings. The Hall–Kier alpha value is -2.68. The van der Waals surface area contributed by atoms with Crippen LogP contribution in [-0.4, -0.2) is 18.5 Å². The van der Waals surface area contributed by atoms with Gasteiger partial charge in [0.25, 0.3) is 0 Å². The summed E-state index contributed by atoms with van der Waals surface area (Å²) in [5.74, 6) is 1.74. The van der Waals surface area contributed by atoms with Gasteiger partial charge in [-0.15, -0.1) is 0 Å². The summed E-state index contributed by atoms with van der Waals surface area (Å²) in [5.41, 5.74) is 4.40. The number of para-hydroxylation sites is 3. The molecule has 21 heavy (non-hydrogen) atoms. The fraction of sp³-hybridized carbons (Fsp3) is 0.111. The van der Waals surface area contributed by atoms with Gasteiger partial charge in [0.15, 0.2) is 11.5 Å². The number of nitrogens with one attached hydrogen (secondary N) is 1. The van der Waals surface area contributed by atoms with Gasteiger partial charge in [-0.25, -0.2) is 0 Å². The van der Waals surface area contributed by atoms with Gasteiger partial charge in [0, 0.05) is 24.9 Å². The van der Waals surface area contributed by atoms with E-state index in [4.69, 9.17) is 4.74 Å². The van der Waals surface area contributed by atoms with Crippen molar-refractivity contribution in [3.8, 4) is 11.5 Å². The number of rotatable bonds is 1. The van der Waals surface area contributed by atoms with Gasteiger partial charge in [0.2, 0.25) is 0 Å². The van der Waals surface area contributed by atoms with Crippen LogP contribution in [0.5, 0.6) is 11.5 Å². The fourth-order valence-corrected chi connectivity index (χ4v) is 2.77. The van der Waals surface area contributed by atoms with Gasteiger partial charge in [0.05, 0.1) is 11.4 Å². The molecule has 0 spiro atoms. The van der Waals surface area contributed by atoms with Crippen molar-refractivity contribution in [2.75, 3.05) is 18.9 Å². The van der Waals surface area contributed by atoms with E-state index < -0.39 is 0 Å². The highest BCUT2D eigenvalue weighted by Gasteiger charge is 2.21. The van der Waals surface area contributed by atoms with Gasteiger partial charge in [-0.2, -0.15) is 0 Å². The third kappa shape index (κ3) is 1.98. The molecule has 0 fully saturated rings. The molecular weight excluding hydrogens is 260 g/mol. The van der Waals surface area contributed by atoms with Gasteiger partial charge >= 0.3 is 0 Å². The van der Waals surface area contributed by atoms with Crippen LogP contribution in [0.4, 0.5) is 11.4 Å². The van der Waals surface area contributed by atoms with Crippen molar-refractivity contribution in [3.05, 3.63) is 66.3 Å². The lowest BCUT2D eigenvalue weighted by molar-refractivity contribution is 0.480. The highest BCUT2D eigenvalue weighted by atomic mass is 16.5. The first kappa shape index (κ1) is 12.1. The van der Waals surface area contributed by atoms with Gasteiger partial charge in [-0.1, -0.05) is 36.4 Å². The number of hydrogen-bond donors (Lipinski definition) is 1. The summed E-state index contributed by atoms with van der Waals surface area (Å²) < 4.78 is 6.02.